The minimum absolute atomic E-state index is 0.00160. The zero-order valence-electron chi connectivity index (χ0n) is 21.4. The molecule has 2 amide bonds. The summed E-state index contributed by atoms with van der Waals surface area (Å²) in [5.41, 5.74) is 3.39. The fourth-order valence-corrected chi connectivity index (χ4v) is 5.58. The lowest BCUT2D eigenvalue weighted by atomic mass is 10.1. The predicted octanol–water partition coefficient (Wildman–Crippen LogP) is 5.37. The largest absolute Gasteiger partial charge is 0.368 e. The van der Waals surface area contributed by atoms with Crippen LogP contribution in [-0.2, 0) is 9.59 Å². The van der Waals surface area contributed by atoms with Gasteiger partial charge >= 0.3 is 0 Å². The molecule has 0 radical (unpaired) electrons. The van der Waals surface area contributed by atoms with Crippen molar-refractivity contribution in [2.24, 2.45) is 4.99 Å². The quantitative estimate of drug-likeness (QED) is 0.300. The standard InChI is InChI=1S/C30H27ClN4O3S/c1-21(36)22-11-13-24(14-12-22)33-15-17-34(18-16-33)28(37)20-39-30-32-27(19-23-7-5-6-10-26(23)31)29(38)35(30)25-8-3-2-4-9-25/h2-14,19H,15-18,20H2,1H3/b27-19+. The second-order valence-electron chi connectivity index (χ2n) is 9.18. The highest BCUT2D eigenvalue weighted by Gasteiger charge is 2.33. The van der Waals surface area contributed by atoms with Crippen molar-refractivity contribution in [1.82, 2.24) is 4.90 Å². The van der Waals surface area contributed by atoms with Gasteiger partial charge in [-0.1, -0.05) is 59.8 Å². The van der Waals surface area contributed by atoms with Crippen molar-refractivity contribution in [2.45, 2.75) is 6.92 Å². The number of hydrogen-bond donors (Lipinski definition) is 0. The summed E-state index contributed by atoms with van der Waals surface area (Å²) in [5, 5.41) is 0.992. The minimum Gasteiger partial charge on any atom is -0.368 e. The zero-order chi connectivity index (χ0) is 27.4. The van der Waals surface area contributed by atoms with Gasteiger partial charge in [-0.25, -0.2) is 4.99 Å². The van der Waals surface area contributed by atoms with Crippen LogP contribution in [0, 0.1) is 0 Å². The van der Waals surface area contributed by atoms with E-state index < -0.39 is 0 Å². The van der Waals surface area contributed by atoms with Gasteiger partial charge < -0.3 is 9.80 Å². The molecule has 0 spiro atoms. The number of hydrogen-bond acceptors (Lipinski definition) is 6. The van der Waals surface area contributed by atoms with Gasteiger partial charge in [0.05, 0.1) is 11.4 Å². The van der Waals surface area contributed by atoms with E-state index in [-0.39, 0.29) is 29.0 Å². The summed E-state index contributed by atoms with van der Waals surface area (Å²) >= 11 is 7.56. The first kappa shape index (κ1) is 26.7. The molecule has 2 aliphatic heterocycles. The predicted molar refractivity (Wildman–Crippen MR) is 158 cm³/mol. The number of nitrogens with zero attached hydrogens (tertiary/aromatic N) is 4. The Morgan fingerprint density at radius 2 is 1.56 bits per heavy atom. The van der Waals surface area contributed by atoms with Crippen LogP contribution in [0.5, 0.6) is 0 Å². The van der Waals surface area contributed by atoms with Crippen molar-refractivity contribution in [1.29, 1.82) is 0 Å². The van der Waals surface area contributed by atoms with Crippen molar-refractivity contribution in [3.05, 3.63) is 101 Å². The number of rotatable bonds is 6. The Hall–Kier alpha value is -3.88. The first-order chi connectivity index (χ1) is 18.9. The summed E-state index contributed by atoms with van der Waals surface area (Å²) in [4.78, 5) is 48.2. The molecule has 0 saturated carbocycles. The van der Waals surface area contributed by atoms with E-state index in [2.05, 4.69) is 9.89 Å². The smallest absolute Gasteiger partial charge is 0.283 e. The highest BCUT2D eigenvalue weighted by Crippen LogP contribution is 2.30. The average molecular weight is 559 g/mol. The average Bonchev–Trinajstić information content (AvgIpc) is 3.28. The first-order valence-corrected chi connectivity index (χ1v) is 14.0. The lowest BCUT2D eigenvalue weighted by Gasteiger charge is -2.36. The zero-order valence-corrected chi connectivity index (χ0v) is 23.0. The van der Waals surface area contributed by atoms with Crippen LogP contribution in [0.4, 0.5) is 11.4 Å². The molecule has 0 atom stereocenters. The Morgan fingerprint density at radius 3 is 2.23 bits per heavy atom. The molecule has 2 aliphatic rings. The van der Waals surface area contributed by atoms with Gasteiger partial charge in [0.2, 0.25) is 5.91 Å². The van der Waals surface area contributed by atoms with Gasteiger partial charge in [0, 0.05) is 42.5 Å². The molecule has 3 aromatic carbocycles. The molecule has 198 valence electrons. The molecule has 0 aromatic heterocycles. The number of benzene rings is 3. The molecule has 0 bridgehead atoms. The van der Waals surface area contributed by atoms with E-state index >= 15 is 0 Å². The monoisotopic (exact) mass is 558 g/mol. The number of thioether (sulfide) groups is 1. The van der Waals surface area contributed by atoms with Crippen LogP contribution in [-0.4, -0.2) is 59.6 Å². The van der Waals surface area contributed by atoms with Gasteiger partial charge in [0.1, 0.15) is 5.70 Å². The number of anilines is 2. The summed E-state index contributed by atoms with van der Waals surface area (Å²) in [5.74, 6) is -0.0543. The topological polar surface area (TPSA) is 73.3 Å². The number of amides is 2. The van der Waals surface area contributed by atoms with E-state index in [0.29, 0.717) is 53.2 Å². The molecule has 1 saturated heterocycles. The number of halogens is 1. The first-order valence-electron chi connectivity index (χ1n) is 12.6. The van der Waals surface area contributed by atoms with Crippen LogP contribution in [0.25, 0.3) is 6.08 Å². The molecular weight excluding hydrogens is 532 g/mol. The number of ketones is 1. The van der Waals surface area contributed by atoms with Gasteiger partial charge in [0.15, 0.2) is 11.0 Å². The molecule has 3 aromatic rings. The Bertz CT molecular complexity index is 1450. The Kier molecular flexibility index (Phi) is 8.14. The molecule has 0 unspecified atom stereocenters. The third kappa shape index (κ3) is 6.08. The molecular formula is C30H27ClN4O3S. The van der Waals surface area contributed by atoms with Crippen LogP contribution in [0.1, 0.15) is 22.8 Å². The van der Waals surface area contributed by atoms with Gasteiger partial charge in [-0.2, -0.15) is 0 Å². The fourth-order valence-electron chi connectivity index (χ4n) is 4.48. The highest BCUT2D eigenvalue weighted by molar-refractivity contribution is 8.14. The second-order valence-corrected chi connectivity index (χ2v) is 10.5. The maximum absolute atomic E-state index is 13.4. The van der Waals surface area contributed by atoms with Crippen molar-refractivity contribution in [2.75, 3.05) is 41.7 Å². The maximum atomic E-state index is 13.4. The molecule has 0 aliphatic carbocycles. The van der Waals surface area contributed by atoms with Crippen molar-refractivity contribution < 1.29 is 14.4 Å². The van der Waals surface area contributed by atoms with Crippen molar-refractivity contribution in [3.63, 3.8) is 0 Å². The molecule has 9 heteroatoms. The Morgan fingerprint density at radius 1 is 0.897 bits per heavy atom. The van der Waals surface area contributed by atoms with Gasteiger partial charge in [-0.3, -0.25) is 19.3 Å². The number of piperazine rings is 1. The molecule has 5 rings (SSSR count). The van der Waals surface area contributed by atoms with Crippen LogP contribution in [0.2, 0.25) is 5.02 Å². The van der Waals surface area contributed by atoms with Crippen molar-refractivity contribution >= 4 is 63.6 Å². The highest BCUT2D eigenvalue weighted by atomic mass is 35.5. The number of carbonyl (C=O) groups excluding carboxylic acids is 3. The SMILES string of the molecule is CC(=O)c1ccc(N2CCN(C(=O)CSC3=N/C(=C/c4ccccc4Cl)C(=O)N3c3ccccc3)CC2)cc1. The number of para-hydroxylation sites is 1. The summed E-state index contributed by atoms with van der Waals surface area (Å²) in [7, 11) is 0. The maximum Gasteiger partial charge on any atom is 0.283 e. The van der Waals surface area contributed by atoms with Crippen LogP contribution in [0.3, 0.4) is 0 Å². The third-order valence-corrected chi connectivity index (χ3v) is 7.91. The van der Waals surface area contributed by atoms with E-state index in [0.717, 1.165) is 5.69 Å². The summed E-state index contributed by atoms with van der Waals surface area (Å²) in [6.07, 6.45) is 1.68. The number of amidine groups is 1. The lowest BCUT2D eigenvalue weighted by molar-refractivity contribution is -0.128. The minimum atomic E-state index is -0.263. The lowest BCUT2D eigenvalue weighted by Crippen LogP contribution is -2.49. The Balaban J connectivity index is 1.25. The molecule has 2 heterocycles. The van der Waals surface area contributed by atoms with Crippen LogP contribution in [0.15, 0.2) is 89.6 Å². The van der Waals surface area contributed by atoms with Gasteiger partial charge in [0.25, 0.3) is 5.91 Å². The molecule has 0 N–H and O–H groups in total. The van der Waals surface area contributed by atoms with E-state index in [1.807, 2.05) is 77.7 Å². The van der Waals surface area contributed by atoms with Crippen molar-refractivity contribution in [3.8, 4) is 0 Å². The fraction of sp³-hybridized carbons (Fsp3) is 0.200. The normalized spacial score (nSPS) is 16.6. The van der Waals surface area contributed by atoms with E-state index in [1.54, 1.807) is 24.0 Å². The van der Waals surface area contributed by atoms with Crippen LogP contribution >= 0.6 is 23.4 Å². The van der Waals surface area contributed by atoms with Crippen LogP contribution < -0.4 is 9.80 Å². The van der Waals surface area contributed by atoms with Gasteiger partial charge in [-0.05, 0) is 61.0 Å². The number of Topliss-reactive ketones (excluding diaryl/α,β-unsaturated/α-hetero) is 1. The van der Waals surface area contributed by atoms with E-state index in [4.69, 9.17) is 11.6 Å². The van der Waals surface area contributed by atoms with E-state index in [9.17, 15) is 14.4 Å². The molecule has 39 heavy (non-hydrogen) atoms. The Labute approximate surface area is 236 Å². The van der Waals surface area contributed by atoms with E-state index in [1.165, 1.54) is 11.8 Å². The second kappa shape index (κ2) is 11.9. The van der Waals surface area contributed by atoms with Gasteiger partial charge in [-0.15, -0.1) is 0 Å². The summed E-state index contributed by atoms with van der Waals surface area (Å²) < 4.78 is 0. The summed E-state index contributed by atoms with van der Waals surface area (Å²) in [6, 6.07) is 24.1. The third-order valence-electron chi connectivity index (χ3n) is 6.64. The molecule has 1 fully saturated rings. The number of aliphatic imine (C=N–C) groups is 1. The molecule has 7 nitrogen and oxygen atoms in total. The summed E-state index contributed by atoms with van der Waals surface area (Å²) in [6.45, 7) is 4.16. The number of carbonyl (C=O) groups is 3.